The Balaban J connectivity index is 1.93. The van der Waals surface area contributed by atoms with E-state index in [0.717, 1.165) is 5.56 Å². The summed E-state index contributed by atoms with van der Waals surface area (Å²) in [6, 6.07) is 11.5. The minimum atomic E-state index is -1.04. The number of rotatable bonds is 9. The summed E-state index contributed by atoms with van der Waals surface area (Å²) < 4.78 is 13.6. The fraction of sp³-hybridized carbons (Fsp3) is 0.280. The maximum Gasteiger partial charge on any atom is 0.248 e. The molecule has 2 N–H and O–H groups in total. The molecule has 3 amide bonds. The Morgan fingerprint density at radius 2 is 1.71 bits per heavy atom. The standard InChI is InChI=1S/C25H27FN4O3S/c1-16(2)28-24(33)23(18-6-8-19(26)9-7-18)30(20-10-4-17(3)5-11-20)22(32)13-12-21(31)29-25-27-14-15-34-25/h4-11,14-16,23H,12-13H2,1-3H3,(H,28,33)(H,27,29,31). The Hall–Kier alpha value is -3.59. The molecule has 1 aromatic heterocycles. The van der Waals surface area contributed by atoms with Crippen LogP contribution in [-0.2, 0) is 14.4 Å². The summed E-state index contributed by atoms with van der Waals surface area (Å²) >= 11 is 1.28. The van der Waals surface area contributed by atoms with Gasteiger partial charge in [-0.15, -0.1) is 11.3 Å². The van der Waals surface area contributed by atoms with Gasteiger partial charge in [0.2, 0.25) is 17.7 Å². The highest BCUT2D eigenvalue weighted by atomic mass is 32.1. The van der Waals surface area contributed by atoms with Crippen LogP contribution in [0.15, 0.2) is 60.1 Å². The quantitative estimate of drug-likeness (QED) is 0.466. The number of benzene rings is 2. The van der Waals surface area contributed by atoms with Gasteiger partial charge >= 0.3 is 0 Å². The third kappa shape index (κ3) is 6.71. The third-order valence-corrected chi connectivity index (χ3v) is 5.64. The first-order valence-corrected chi connectivity index (χ1v) is 11.8. The number of carbonyl (C=O) groups is 3. The van der Waals surface area contributed by atoms with Crippen molar-refractivity contribution in [3.8, 4) is 0 Å². The van der Waals surface area contributed by atoms with Crippen LogP contribution in [0.5, 0.6) is 0 Å². The van der Waals surface area contributed by atoms with Gasteiger partial charge in [0.1, 0.15) is 11.9 Å². The minimum Gasteiger partial charge on any atom is -0.352 e. The molecule has 1 atom stereocenters. The molecule has 9 heteroatoms. The Morgan fingerprint density at radius 3 is 2.29 bits per heavy atom. The number of hydrogen-bond donors (Lipinski definition) is 2. The molecule has 7 nitrogen and oxygen atoms in total. The maximum atomic E-state index is 13.6. The molecule has 0 bridgehead atoms. The van der Waals surface area contributed by atoms with Crippen LogP contribution in [-0.4, -0.2) is 28.7 Å². The molecular formula is C25H27FN4O3S. The molecule has 0 aliphatic heterocycles. The summed E-state index contributed by atoms with van der Waals surface area (Å²) in [5.74, 6) is -1.61. The molecule has 3 aromatic rings. The van der Waals surface area contributed by atoms with E-state index in [-0.39, 0.29) is 24.8 Å². The monoisotopic (exact) mass is 482 g/mol. The zero-order chi connectivity index (χ0) is 24.7. The number of aromatic nitrogens is 1. The topological polar surface area (TPSA) is 91.4 Å². The molecule has 0 spiro atoms. The Labute approximate surface area is 202 Å². The lowest BCUT2D eigenvalue weighted by atomic mass is 10.0. The molecule has 0 saturated carbocycles. The first-order chi connectivity index (χ1) is 16.2. The average molecular weight is 483 g/mol. The number of aryl methyl sites for hydroxylation is 1. The normalized spacial score (nSPS) is 11.7. The van der Waals surface area contributed by atoms with E-state index in [9.17, 15) is 18.8 Å². The number of hydrogen-bond acceptors (Lipinski definition) is 5. The predicted molar refractivity (Wildman–Crippen MR) is 131 cm³/mol. The van der Waals surface area contributed by atoms with Crippen molar-refractivity contribution in [2.45, 2.75) is 45.7 Å². The van der Waals surface area contributed by atoms with Gasteiger partial charge in [0, 0.05) is 36.1 Å². The summed E-state index contributed by atoms with van der Waals surface area (Å²) in [6.07, 6.45) is 1.37. The molecule has 2 aromatic carbocycles. The first-order valence-electron chi connectivity index (χ1n) is 10.9. The summed E-state index contributed by atoms with van der Waals surface area (Å²) in [7, 11) is 0. The van der Waals surface area contributed by atoms with Crippen LogP contribution in [0.25, 0.3) is 0 Å². The van der Waals surface area contributed by atoms with Gasteiger partial charge in [-0.25, -0.2) is 9.37 Å². The zero-order valence-corrected chi connectivity index (χ0v) is 20.1. The van der Waals surface area contributed by atoms with Gasteiger partial charge in [0.15, 0.2) is 5.13 Å². The lowest BCUT2D eigenvalue weighted by Crippen LogP contribution is -2.46. The summed E-state index contributed by atoms with van der Waals surface area (Å²) in [5.41, 5.74) is 1.95. The number of halogens is 1. The number of thiazole rings is 1. The van der Waals surface area contributed by atoms with E-state index in [2.05, 4.69) is 15.6 Å². The summed E-state index contributed by atoms with van der Waals surface area (Å²) in [5, 5.41) is 7.70. The molecule has 0 aliphatic rings. The van der Waals surface area contributed by atoms with E-state index in [0.29, 0.717) is 16.4 Å². The van der Waals surface area contributed by atoms with Crippen LogP contribution in [0.3, 0.4) is 0 Å². The van der Waals surface area contributed by atoms with Crippen molar-refractivity contribution in [2.24, 2.45) is 0 Å². The van der Waals surface area contributed by atoms with Crippen molar-refractivity contribution in [2.75, 3.05) is 10.2 Å². The Kier molecular flexibility index (Phi) is 8.48. The minimum absolute atomic E-state index is 0.0806. The van der Waals surface area contributed by atoms with E-state index < -0.39 is 23.7 Å². The molecular weight excluding hydrogens is 455 g/mol. The molecule has 178 valence electrons. The van der Waals surface area contributed by atoms with Crippen molar-refractivity contribution >= 4 is 39.9 Å². The fourth-order valence-corrected chi connectivity index (χ4v) is 3.92. The highest BCUT2D eigenvalue weighted by molar-refractivity contribution is 7.13. The summed E-state index contributed by atoms with van der Waals surface area (Å²) in [6.45, 7) is 5.56. The molecule has 1 unspecified atom stereocenters. The Bertz CT molecular complexity index is 1120. The van der Waals surface area contributed by atoms with Crippen LogP contribution in [0.2, 0.25) is 0 Å². The van der Waals surface area contributed by atoms with Gasteiger partial charge in [0.05, 0.1) is 0 Å². The van der Waals surface area contributed by atoms with Crippen LogP contribution >= 0.6 is 11.3 Å². The maximum absolute atomic E-state index is 13.6. The van der Waals surface area contributed by atoms with Gasteiger partial charge in [-0.1, -0.05) is 29.8 Å². The summed E-state index contributed by atoms with van der Waals surface area (Å²) in [4.78, 5) is 44.5. The molecule has 0 aliphatic carbocycles. The van der Waals surface area contributed by atoms with Crippen LogP contribution in [0.1, 0.15) is 43.9 Å². The van der Waals surface area contributed by atoms with Gasteiger partial charge in [-0.2, -0.15) is 0 Å². The number of nitrogens with zero attached hydrogens (tertiary/aromatic N) is 2. The van der Waals surface area contributed by atoms with E-state index in [4.69, 9.17) is 0 Å². The van der Waals surface area contributed by atoms with Gasteiger partial charge in [-0.05, 0) is 50.6 Å². The van der Waals surface area contributed by atoms with Crippen LogP contribution < -0.4 is 15.5 Å². The highest BCUT2D eigenvalue weighted by Gasteiger charge is 2.33. The van der Waals surface area contributed by atoms with Crippen molar-refractivity contribution in [1.82, 2.24) is 10.3 Å². The predicted octanol–water partition coefficient (Wildman–Crippen LogP) is 4.61. The van der Waals surface area contributed by atoms with Gasteiger partial charge in [0.25, 0.3) is 0 Å². The van der Waals surface area contributed by atoms with E-state index in [1.54, 1.807) is 23.7 Å². The SMILES string of the molecule is Cc1ccc(N(C(=O)CCC(=O)Nc2nccs2)C(C(=O)NC(C)C)c2ccc(F)cc2)cc1. The first kappa shape index (κ1) is 25.0. The van der Waals surface area contributed by atoms with Crippen LogP contribution in [0.4, 0.5) is 15.2 Å². The lowest BCUT2D eigenvalue weighted by Gasteiger charge is -2.32. The van der Waals surface area contributed by atoms with Crippen molar-refractivity contribution in [3.63, 3.8) is 0 Å². The number of anilines is 2. The van der Waals surface area contributed by atoms with Crippen molar-refractivity contribution in [1.29, 1.82) is 0 Å². The molecule has 3 rings (SSSR count). The Morgan fingerprint density at radius 1 is 1.03 bits per heavy atom. The lowest BCUT2D eigenvalue weighted by molar-refractivity contribution is -0.127. The number of amides is 3. The molecule has 1 heterocycles. The van der Waals surface area contributed by atoms with E-state index in [1.165, 1.54) is 40.5 Å². The van der Waals surface area contributed by atoms with Gasteiger partial charge < -0.3 is 10.6 Å². The van der Waals surface area contributed by atoms with Crippen molar-refractivity contribution in [3.05, 3.63) is 77.1 Å². The smallest absolute Gasteiger partial charge is 0.248 e. The largest absolute Gasteiger partial charge is 0.352 e. The van der Waals surface area contributed by atoms with E-state index >= 15 is 0 Å². The molecule has 0 radical (unpaired) electrons. The average Bonchev–Trinajstić information content (AvgIpc) is 3.30. The van der Waals surface area contributed by atoms with Gasteiger partial charge in [-0.3, -0.25) is 19.3 Å². The molecule has 0 fully saturated rings. The highest BCUT2D eigenvalue weighted by Crippen LogP contribution is 2.30. The van der Waals surface area contributed by atoms with E-state index in [1.807, 2.05) is 32.9 Å². The molecule has 34 heavy (non-hydrogen) atoms. The third-order valence-electron chi connectivity index (χ3n) is 4.95. The fourth-order valence-electron chi connectivity index (χ4n) is 3.38. The molecule has 0 saturated heterocycles. The van der Waals surface area contributed by atoms with Crippen molar-refractivity contribution < 1.29 is 18.8 Å². The second kappa shape index (κ2) is 11.5. The second-order valence-corrected chi connectivity index (χ2v) is 9.00. The zero-order valence-electron chi connectivity index (χ0n) is 19.2. The number of nitrogens with one attached hydrogen (secondary N) is 2. The van der Waals surface area contributed by atoms with Crippen LogP contribution in [0, 0.1) is 12.7 Å². The second-order valence-electron chi connectivity index (χ2n) is 8.10. The number of carbonyl (C=O) groups excluding carboxylic acids is 3.